The molecule has 0 aromatic heterocycles. The van der Waals surface area contributed by atoms with Crippen LogP contribution in [0.3, 0.4) is 0 Å². The maximum absolute atomic E-state index is 14.1. The van der Waals surface area contributed by atoms with Gasteiger partial charge in [-0.1, -0.05) is 62.7 Å². The van der Waals surface area contributed by atoms with E-state index in [1.54, 1.807) is 19.1 Å². The van der Waals surface area contributed by atoms with Gasteiger partial charge in [-0.15, -0.1) is 0 Å². The predicted molar refractivity (Wildman–Crippen MR) is 164 cm³/mol. The third-order valence-corrected chi connectivity index (χ3v) is 8.75. The van der Waals surface area contributed by atoms with Crippen LogP contribution in [0.1, 0.15) is 51.2 Å². The second kappa shape index (κ2) is 14.4. The van der Waals surface area contributed by atoms with Crippen LogP contribution >= 0.6 is 0 Å². The molecule has 44 heavy (non-hydrogen) atoms. The van der Waals surface area contributed by atoms with E-state index in [0.29, 0.717) is 31.4 Å². The summed E-state index contributed by atoms with van der Waals surface area (Å²) in [6.07, 6.45) is 1.88. The number of likely N-dealkylation sites (N-methyl/N-ethyl adjacent to an activating group) is 1. The summed E-state index contributed by atoms with van der Waals surface area (Å²) in [5.41, 5.74) is 1.52. The molecule has 11 nitrogen and oxygen atoms in total. The average molecular weight is 606 g/mol. The summed E-state index contributed by atoms with van der Waals surface area (Å²) in [4.78, 5) is 71.7. The van der Waals surface area contributed by atoms with Crippen molar-refractivity contribution in [1.82, 2.24) is 25.8 Å². The lowest BCUT2D eigenvalue weighted by Gasteiger charge is -2.34. The van der Waals surface area contributed by atoms with Gasteiger partial charge >= 0.3 is 0 Å². The van der Waals surface area contributed by atoms with Crippen LogP contribution in [0.15, 0.2) is 54.6 Å². The molecule has 2 aliphatic heterocycles. The number of phenols is 1. The summed E-state index contributed by atoms with van der Waals surface area (Å²) in [5, 5.41) is 18.3. The summed E-state index contributed by atoms with van der Waals surface area (Å²) >= 11 is 0. The number of carbonyl (C=O) groups excluding carboxylic acids is 5. The number of aromatic hydroxyl groups is 1. The first kappa shape index (κ1) is 32.5. The fraction of sp³-hybridized carbons (Fsp3) is 0.485. The average Bonchev–Trinajstić information content (AvgIpc) is 3.52. The maximum atomic E-state index is 14.1. The monoisotopic (exact) mass is 605 g/mol. The van der Waals surface area contributed by atoms with Crippen LogP contribution in [-0.2, 0) is 36.8 Å². The van der Waals surface area contributed by atoms with Crippen LogP contribution in [-0.4, -0.2) is 88.2 Å². The van der Waals surface area contributed by atoms with Crippen molar-refractivity contribution in [3.8, 4) is 5.75 Å². The molecule has 2 fully saturated rings. The van der Waals surface area contributed by atoms with Crippen molar-refractivity contribution < 1.29 is 29.1 Å². The number of amides is 5. The van der Waals surface area contributed by atoms with Crippen molar-refractivity contribution in [2.45, 2.75) is 83.1 Å². The third kappa shape index (κ3) is 7.56. The summed E-state index contributed by atoms with van der Waals surface area (Å²) in [6, 6.07) is 10.9. The highest BCUT2D eigenvalue weighted by Gasteiger charge is 2.41. The van der Waals surface area contributed by atoms with Crippen LogP contribution in [0.4, 0.5) is 0 Å². The first-order valence-electron chi connectivity index (χ1n) is 15.3. The minimum atomic E-state index is -1.05. The highest BCUT2D eigenvalue weighted by atomic mass is 16.3. The van der Waals surface area contributed by atoms with Crippen LogP contribution in [0.2, 0.25) is 0 Å². The van der Waals surface area contributed by atoms with Crippen molar-refractivity contribution in [2.24, 2.45) is 5.92 Å². The lowest BCUT2D eigenvalue weighted by Crippen LogP contribution is -2.59. The number of phenolic OH excluding ortho intramolecular Hbond substituents is 1. The van der Waals surface area contributed by atoms with Crippen molar-refractivity contribution in [3.63, 3.8) is 0 Å². The molecule has 4 N–H and O–H groups in total. The van der Waals surface area contributed by atoms with Crippen LogP contribution < -0.4 is 16.0 Å². The highest BCUT2D eigenvalue weighted by molar-refractivity contribution is 5.98. The molecule has 0 saturated carbocycles. The minimum absolute atomic E-state index is 0.0682. The van der Waals surface area contributed by atoms with E-state index in [4.69, 9.17) is 0 Å². The molecule has 2 heterocycles. The quantitative estimate of drug-likeness (QED) is 0.393. The molecule has 4 rings (SSSR count). The van der Waals surface area contributed by atoms with Crippen LogP contribution in [0.25, 0.3) is 0 Å². The first-order chi connectivity index (χ1) is 21.0. The standard InChI is InChI=1S/C33H43N5O6/c1-5-20(2)28-33(44)37(4)27(19-22-10-7-6-8-11-22)31(42)35-25(18-23-13-15-24(39)16-14-23)32(43)38-17-9-12-26(38)30(41)34-21(3)29(40)36-28/h6-8,10-11,13-16,20-21,25-28,39H,5,9,12,17-19H2,1-4H3,(H,34,41)(H,35,42)(H,36,40)/t20-,21-,25+,26-,27-,28-/m0/s1. The van der Waals surface area contributed by atoms with E-state index in [1.807, 2.05) is 44.2 Å². The lowest BCUT2D eigenvalue weighted by molar-refractivity contribution is -0.144. The molecule has 6 atom stereocenters. The van der Waals surface area contributed by atoms with Gasteiger partial charge in [0.25, 0.3) is 0 Å². The Balaban J connectivity index is 1.78. The Labute approximate surface area is 258 Å². The van der Waals surface area contributed by atoms with Crippen LogP contribution in [0.5, 0.6) is 5.75 Å². The predicted octanol–water partition coefficient (Wildman–Crippen LogP) is 1.53. The lowest BCUT2D eigenvalue weighted by atomic mass is 9.95. The molecule has 0 spiro atoms. The maximum Gasteiger partial charge on any atom is 0.246 e. The molecule has 0 aliphatic carbocycles. The highest BCUT2D eigenvalue weighted by Crippen LogP contribution is 2.22. The molecule has 0 unspecified atom stereocenters. The van der Waals surface area contributed by atoms with Gasteiger partial charge in [-0.2, -0.15) is 0 Å². The van der Waals surface area contributed by atoms with E-state index in [-0.39, 0.29) is 24.5 Å². The number of benzene rings is 2. The molecule has 11 heteroatoms. The van der Waals surface area contributed by atoms with Gasteiger partial charge < -0.3 is 30.9 Å². The Morgan fingerprint density at radius 3 is 2.16 bits per heavy atom. The summed E-state index contributed by atoms with van der Waals surface area (Å²) in [5.74, 6) is -2.58. The summed E-state index contributed by atoms with van der Waals surface area (Å²) < 4.78 is 0. The second-order valence-corrected chi connectivity index (χ2v) is 11.9. The van der Waals surface area contributed by atoms with E-state index in [0.717, 1.165) is 5.56 Å². The molecule has 2 saturated heterocycles. The Bertz CT molecular complexity index is 1350. The van der Waals surface area contributed by atoms with Crippen molar-refractivity contribution >= 4 is 29.5 Å². The number of nitrogens with one attached hydrogen (secondary N) is 3. The van der Waals surface area contributed by atoms with Crippen molar-refractivity contribution in [3.05, 3.63) is 65.7 Å². The van der Waals surface area contributed by atoms with Crippen molar-refractivity contribution in [1.29, 1.82) is 0 Å². The van der Waals surface area contributed by atoms with Gasteiger partial charge in [-0.3, -0.25) is 24.0 Å². The smallest absolute Gasteiger partial charge is 0.246 e. The van der Waals surface area contributed by atoms with E-state index in [1.165, 1.54) is 29.0 Å². The van der Waals surface area contributed by atoms with Gasteiger partial charge in [0.15, 0.2) is 0 Å². The largest absolute Gasteiger partial charge is 0.508 e. The topological polar surface area (TPSA) is 148 Å². The Morgan fingerprint density at radius 2 is 1.50 bits per heavy atom. The Kier molecular flexibility index (Phi) is 10.6. The molecule has 5 amide bonds. The SMILES string of the molecule is CC[C@H](C)[C@@H]1NC(=O)[C@H](C)NC(=O)[C@@H]2CCCN2C(=O)[C@@H](Cc2ccc(O)cc2)NC(=O)[C@H](Cc2ccccc2)N(C)C1=O. The van der Waals surface area contributed by atoms with Gasteiger partial charge in [0.1, 0.15) is 36.0 Å². The molecule has 0 bridgehead atoms. The normalized spacial score (nSPS) is 26.2. The zero-order valence-electron chi connectivity index (χ0n) is 25.8. The van der Waals surface area contributed by atoms with Gasteiger partial charge in [-0.25, -0.2) is 0 Å². The second-order valence-electron chi connectivity index (χ2n) is 11.9. The molecular weight excluding hydrogens is 562 g/mol. The third-order valence-electron chi connectivity index (χ3n) is 8.75. The molecule has 2 aliphatic rings. The summed E-state index contributed by atoms with van der Waals surface area (Å²) in [6.45, 7) is 5.63. The summed E-state index contributed by atoms with van der Waals surface area (Å²) in [7, 11) is 1.54. The molecule has 2 aromatic rings. The zero-order chi connectivity index (χ0) is 32.0. The van der Waals surface area contributed by atoms with Gasteiger partial charge in [0.2, 0.25) is 29.5 Å². The Morgan fingerprint density at radius 1 is 0.841 bits per heavy atom. The zero-order valence-corrected chi connectivity index (χ0v) is 25.8. The molecule has 2 aromatic carbocycles. The number of hydrogen-bond donors (Lipinski definition) is 4. The van der Waals surface area contributed by atoms with Crippen molar-refractivity contribution in [2.75, 3.05) is 13.6 Å². The molecule has 236 valence electrons. The van der Waals surface area contributed by atoms with E-state index in [2.05, 4.69) is 16.0 Å². The fourth-order valence-corrected chi connectivity index (χ4v) is 5.79. The minimum Gasteiger partial charge on any atom is -0.508 e. The number of carbonyl (C=O) groups is 5. The van der Waals surface area contributed by atoms with Gasteiger partial charge in [0, 0.05) is 26.4 Å². The first-order valence-corrected chi connectivity index (χ1v) is 15.3. The number of hydrogen-bond acceptors (Lipinski definition) is 6. The van der Waals surface area contributed by atoms with Crippen LogP contribution in [0, 0.1) is 5.92 Å². The van der Waals surface area contributed by atoms with E-state index < -0.39 is 59.7 Å². The number of rotatable bonds is 6. The van der Waals surface area contributed by atoms with E-state index >= 15 is 0 Å². The Hall–Kier alpha value is -4.41. The van der Waals surface area contributed by atoms with E-state index in [9.17, 15) is 29.1 Å². The number of nitrogens with zero attached hydrogens (tertiary/aromatic N) is 2. The fourth-order valence-electron chi connectivity index (χ4n) is 5.79. The van der Waals surface area contributed by atoms with Gasteiger partial charge in [0.05, 0.1) is 0 Å². The van der Waals surface area contributed by atoms with Gasteiger partial charge in [-0.05, 0) is 48.9 Å². The molecular formula is C33H43N5O6. The molecule has 0 radical (unpaired) electrons. The number of fused-ring (bicyclic) bond motifs is 1.